The van der Waals surface area contributed by atoms with Crippen molar-refractivity contribution in [2.45, 2.75) is 6.10 Å². The van der Waals surface area contributed by atoms with Crippen LogP contribution in [-0.4, -0.2) is 6.61 Å². The van der Waals surface area contributed by atoms with Gasteiger partial charge >= 0.3 is 0 Å². The first-order valence-electron chi connectivity index (χ1n) is 5.54. The van der Waals surface area contributed by atoms with E-state index in [4.69, 9.17) is 4.74 Å². The molecule has 3 heteroatoms. The largest absolute Gasteiger partial charge is 0.368 e. The van der Waals surface area contributed by atoms with Crippen LogP contribution in [-0.2, 0) is 4.74 Å². The molecule has 1 aliphatic rings. The maximum atomic E-state index is 13.3. The standard InChI is InChI=1S/C14H9FOS/c15-9-2-1-8-5-12(13-7-16-13)14-10(3-4-17-14)11(8)6-9/h1-6,13H,7H2. The van der Waals surface area contributed by atoms with Crippen LogP contribution in [0.2, 0.25) is 0 Å². The van der Waals surface area contributed by atoms with E-state index in [0.717, 1.165) is 22.8 Å². The minimum atomic E-state index is -0.180. The summed E-state index contributed by atoms with van der Waals surface area (Å²) >= 11 is 1.70. The molecule has 84 valence electrons. The first-order valence-corrected chi connectivity index (χ1v) is 6.42. The molecule has 17 heavy (non-hydrogen) atoms. The van der Waals surface area contributed by atoms with Crippen molar-refractivity contribution >= 4 is 32.2 Å². The van der Waals surface area contributed by atoms with Crippen molar-refractivity contribution in [2.75, 3.05) is 6.61 Å². The fourth-order valence-electron chi connectivity index (χ4n) is 2.33. The highest BCUT2D eigenvalue weighted by Gasteiger charge is 2.27. The normalized spacial score (nSPS) is 19.0. The molecule has 0 aliphatic carbocycles. The second kappa shape index (κ2) is 3.28. The highest BCUT2D eigenvalue weighted by atomic mass is 32.1. The molecule has 1 fully saturated rings. The highest BCUT2D eigenvalue weighted by molar-refractivity contribution is 7.17. The summed E-state index contributed by atoms with van der Waals surface area (Å²) in [5.41, 5.74) is 1.24. The van der Waals surface area contributed by atoms with Crippen LogP contribution in [0.4, 0.5) is 4.39 Å². The quantitative estimate of drug-likeness (QED) is 0.582. The van der Waals surface area contributed by atoms with Crippen molar-refractivity contribution < 1.29 is 9.13 Å². The first-order chi connectivity index (χ1) is 8.33. The minimum Gasteiger partial charge on any atom is -0.368 e. The van der Waals surface area contributed by atoms with Crippen LogP contribution in [0.1, 0.15) is 11.7 Å². The maximum absolute atomic E-state index is 13.3. The van der Waals surface area contributed by atoms with Gasteiger partial charge in [-0.3, -0.25) is 0 Å². The van der Waals surface area contributed by atoms with E-state index in [1.165, 1.54) is 16.3 Å². The smallest absolute Gasteiger partial charge is 0.123 e. The van der Waals surface area contributed by atoms with E-state index in [1.54, 1.807) is 17.4 Å². The number of thiophene rings is 1. The predicted molar refractivity (Wildman–Crippen MR) is 68.0 cm³/mol. The van der Waals surface area contributed by atoms with Crippen LogP contribution in [0.15, 0.2) is 35.7 Å². The molecule has 4 rings (SSSR count). The molecule has 1 unspecified atom stereocenters. The van der Waals surface area contributed by atoms with Gasteiger partial charge < -0.3 is 4.74 Å². The molecule has 0 bridgehead atoms. The summed E-state index contributed by atoms with van der Waals surface area (Å²) in [5.74, 6) is -0.180. The van der Waals surface area contributed by atoms with E-state index in [2.05, 4.69) is 17.5 Å². The molecule has 0 N–H and O–H groups in total. The number of rotatable bonds is 1. The molecule has 0 radical (unpaired) electrons. The summed E-state index contributed by atoms with van der Waals surface area (Å²) in [5, 5.41) is 5.27. The Bertz CT molecular complexity index is 727. The van der Waals surface area contributed by atoms with Crippen LogP contribution in [0.3, 0.4) is 0 Å². The van der Waals surface area contributed by atoms with Gasteiger partial charge in [0.05, 0.1) is 6.61 Å². The SMILES string of the molecule is Fc1ccc2cc(C3CO3)c3sccc3c2c1. The van der Waals surface area contributed by atoms with Gasteiger partial charge in [0.25, 0.3) is 0 Å². The van der Waals surface area contributed by atoms with Gasteiger partial charge in [-0.15, -0.1) is 11.3 Å². The summed E-state index contributed by atoms with van der Waals surface area (Å²) < 4.78 is 19.9. The lowest BCUT2D eigenvalue weighted by molar-refractivity contribution is 0.417. The lowest BCUT2D eigenvalue weighted by Crippen LogP contribution is -1.84. The third-order valence-electron chi connectivity index (χ3n) is 3.22. The average molecular weight is 244 g/mol. The molecule has 0 spiro atoms. The van der Waals surface area contributed by atoms with E-state index >= 15 is 0 Å². The van der Waals surface area contributed by atoms with Gasteiger partial charge in [0.15, 0.2) is 0 Å². The van der Waals surface area contributed by atoms with E-state index in [9.17, 15) is 4.39 Å². The fraction of sp³-hybridized carbons (Fsp3) is 0.143. The van der Waals surface area contributed by atoms with E-state index in [-0.39, 0.29) is 11.9 Å². The minimum absolute atomic E-state index is 0.180. The van der Waals surface area contributed by atoms with Crippen molar-refractivity contribution in [2.24, 2.45) is 0 Å². The Morgan fingerprint density at radius 2 is 2.06 bits per heavy atom. The molecule has 1 atom stereocenters. The number of ether oxygens (including phenoxy) is 1. The Hall–Kier alpha value is -1.45. The summed E-state index contributed by atoms with van der Waals surface area (Å²) in [6.07, 6.45) is 0.241. The molecule has 3 aromatic rings. The van der Waals surface area contributed by atoms with Crippen molar-refractivity contribution in [3.8, 4) is 0 Å². The maximum Gasteiger partial charge on any atom is 0.123 e. The molecule has 1 aromatic heterocycles. The van der Waals surface area contributed by atoms with Crippen molar-refractivity contribution in [3.63, 3.8) is 0 Å². The Morgan fingerprint density at radius 1 is 1.18 bits per heavy atom. The van der Waals surface area contributed by atoms with Gasteiger partial charge in [-0.2, -0.15) is 0 Å². The molecule has 1 saturated heterocycles. The zero-order chi connectivity index (χ0) is 11.4. The number of benzene rings is 2. The molecule has 1 aliphatic heterocycles. The third kappa shape index (κ3) is 1.39. The van der Waals surface area contributed by atoms with E-state index in [0.29, 0.717) is 0 Å². The van der Waals surface area contributed by atoms with Crippen molar-refractivity contribution in [3.05, 3.63) is 47.1 Å². The second-order valence-electron chi connectivity index (χ2n) is 4.32. The van der Waals surface area contributed by atoms with Crippen LogP contribution < -0.4 is 0 Å². The lowest BCUT2D eigenvalue weighted by Gasteiger charge is -2.05. The zero-order valence-electron chi connectivity index (χ0n) is 8.94. The number of hydrogen-bond acceptors (Lipinski definition) is 2. The van der Waals surface area contributed by atoms with Gasteiger partial charge in [-0.1, -0.05) is 6.07 Å². The molecule has 0 amide bonds. The van der Waals surface area contributed by atoms with Gasteiger partial charge in [-0.05, 0) is 40.4 Å². The average Bonchev–Trinajstić information content (AvgIpc) is 3.05. The predicted octanol–water partition coefficient (Wildman–Crippen LogP) is 4.26. The van der Waals surface area contributed by atoms with Gasteiger partial charge in [0, 0.05) is 15.6 Å². The van der Waals surface area contributed by atoms with Crippen molar-refractivity contribution in [1.29, 1.82) is 0 Å². The van der Waals surface area contributed by atoms with Crippen molar-refractivity contribution in [1.82, 2.24) is 0 Å². The Balaban J connectivity index is 2.19. The van der Waals surface area contributed by atoms with Gasteiger partial charge in [0.2, 0.25) is 0 Å². The van der Waals surface area contributed by atoms with Crippen LogP contribution in [0.5, 0.6) is 0 Å². The van der Waals surface area contributed by atoms with E-state index in [1.807, 2.05) is 6.07 Å². The summed E-state index contributed by atoms with van der Waals surface area (Å²) in [6, 6.07) is 9.16. The molecule has 2 aromatic carbocycles. The van der Waals surface area contributed by atoms with Crippen LogP contribution in [0.25, 0.3) is 20.9 Å². The highest BCUT2D eigenvalue weighted by Crippen LogP contribution is 2.41. The number of hydrogen-bond donors (Lipinski definition) is 0. The Morgan fingerprint density at radius 3 is 2.88 bits per heavy atom. The Kier molecular flexibility index (Phi) is 1.84. The number of epoxide rings is 1. The summed E-state index contributed by atoms with van der Waals surface area (Å²) in [6.45, 7) is 0.805. The van der Waals surface area contributed by atoms with Gasteiger partial charge in [-0.25, -0.2) is 4.39 Å². The van der Waals surface area contributed by atoms with Crippen LogP contribution >= 0.6 is 11.3 Å². The lowest BCUT2D eigenvalue weighted by atomic mass is 10.0. The third-order valence-corrected chi connectivity index (χ3v) is 4.19. The summed E-state index contributed by atoms with van der Waals surface area (Å²) in [4.78, 5) is 0. The van der Waals surface area contributed by atoms with Crippen LogP contribution in [0, 0.1) is 5.82 Å². The topological polar surface area (TPSA) is 12.5 Å². The number of fused-ring (bicyclic) bond motifs is 3. The number of halogens is 1. The molecule has 2 heterocycles. The fourth-order valence-corrected chi connectivity index (χ4v) is 3.30. The van der Waals surface area contributed by atoms with Gasteiger partial charge in [0.1, 0.15) is 11.9 Å². The molecule has 1 nitrogen and oxygen atoms in total. The molecule has 0 saturated carbocycles. The second-order valence-corrected chi connectivity index (χ2v) is 5.23. The zero-order valence-corrected chi connectivity index (χ0v) is 9.76. The van der Waals surface area contributed by atoms with E-state index < -0.39 is 0 Å². The Labute approximate surface area is 101 Å². The molecular weight excluding hydrogens is 235 g/mol. The molecular formula is C14H9FOS. The summed E-state index contributed by atoms with van der Waals surface area (Å²) in [7, 11) is 0. The monoisotopic (exact) mass is 244 g/mol. The first kappa shape index (κ1) is 9.57.